The lowest BCUT2D eigenvalue weighted by atomic mass is 9.96. The van der Waals surface area contributed by atoms with Crippen molar-refractivity contribution >= 4 is 33.5 Å². The zero-order chi connectivity index (χ0) is 23.0. The van der Waals surface area contributed by atoms with Crippen LogP contribution in [-0.2, 0) is 11.2 Å². The summed E-state index contributed by atoms with van der Waals surface area (Å²) in [5.74, 6) is 1.14. The third kappa shape index (κ3) is 7.64. The molecule has 1 saturated heterocycles. The summed E-state index contributed by atoms with van der Waals surface area (Å²) >= 11 is 3.79. The van der Waals surface area contributed by atoms with Crippen LogP contribution in [0.2, 0.25) is 0 Å². The van der Waals surface area contributed by atoms with Crippen molar-refractivity contribution in [1.29, 1.82) is 0 Å². The van der Waals surface area contributed by atoms with Crippen LogP contribution in [0.4, 0.5) is 8.78 Å². The lowest BCUT2D eigenvalue weighted by Gasteiger charge is -2.24. The van der Waals surface area contributed by atoms with Crippen LogP contribution in [-0.4, -0.2) is 48.8 Å². The summed E-state index contributed by atoms with van der Waals surface area (Å²) in [6.07, 6.45) is 3.01. The van der Waals surface area contributed by atoms with Crippen molar-refractivity contribution in [3.05, 3.63) is 53.8 Å². The molecule has 1 aliphatic carbocycles. The van der Waals surface area contributed by atoms with E-state index in [-0.39, 0.29) is 11.9 Å². The van der Waals surface area contributed by atoms with E-state index in [2.05, 4.69) is 21.9 Å². The Balaban J connectivity index is 0.000000361. The standard InChI is InChI=1S/C18H21F2N2P.C4H6O.C2H6S/c1-22-10-15(20)17(21)16(22)9-12-5-3-7-14(18(12)23)11-4-2-6-13(19)8-11;5-3-4-1-2-4;1-2-3/h2-8,15-17H,9-10,21,23H2,1H3;3-4H,1-2H2;3H,2H2,1H3. The predicted octanol–water partition coefficient (Wildman–Crippen LogP) is 4.05. The molecule has 0 aromatic heterocycles. The fourth-order valence-corrected chi connectivity index (χ4v) is 3.99. The van der Waals surface area contributed by atoms with Gasteiger partial charge in [-0.3, -0.25) is 4.90 Å². The highest BCUT2D eigenvalue weighted by Gasteiger charge is 2.37. The van der Waals surface area contributed by atoms with E-state index in [9.17, 15) is 13.6 Å². The van der Waals surface area contributed by atoms with Gasteiger partial charge in [0.25, 0.3) is 0 Å². The maximum atomic E-state index is 13.8. The number of likely N-dealkylation sites (tertiary alicyclic amines) is 1. The molecule has 2 aliphatic rings. The molecule has 4 rings (SSSR count). The number of benzene rings is 2. The molecule has 0 amide bonds. The number of rotatable bonds is 4. The molecule has 0 bridgehead atoms. The van der Waals surface area contributed by atoms with Crippen molar-refractivity contribution in [2.24, 2.45) is 11.7 Å². The number of alkyl halides is 1. The number of halogens is 2. The van der Waals surface area contributed by atoms with Gasteiger partial charge in [-0.2, -0.15) is 12.6 Å². The first-order valence-electron chi connectivity index (χ1n) is 10.6. The van der Waals surface area contributed by atoms with Gasteiger partial charge in [0.2, 0.25) is 0 Å². The van der Waals surface area contributed by atoms with E-state index in [1.54, 1.807) is 6.07 Å². The van der Waals surface area contributed by atoms with Crippen molar-refractivity contribution < 1.29 is 13.6 Å². The van der Waals surface area contributed by atoms with E-state index in [1.165, 1.54) is 12.1 Å². The molecule has 2 aromatic carbocycles. The molecule has 1 saturated carbocycles. The summed E-state index contributed by atoms with van der Waals surface area (Å²) in [5, 5.41) is 1.01. The van der Waals surface area contributed by atoms with Crippen LogP contribution in [0, 0.1) is 11.7 Å². The molecule has 7 heteroatoms. The van der Waals surface area contributed by atoms with Crippen LogP contribution in [0.15, 0.2) is 42.5 Å². The average molecular weight is 467 g/mol. The fourth-order valence-electron chi connectivity index (χ4n) is 3.52. The Morgan fingerprint density at radius 2 is 1.90 bits per heavy atom. The number of hydrogen-bond acceptors (Lipinski definition) is 4. The van der Waals surface area contributed by atoms with Crippen molar-refractivity contribution in [3.8, 4) is 11.1 Å². The van der Waals surface area contributed by atoms with Gasteiger partial charge in [-0.05, 0) is 66.2 Å². The molecule has 2 fully saturated rings. The molecule has 4 unspecified atom stereocenters. The number of nitrogens with zero attached hydrogens (tertiary/aromatic N) is 1. The maximum absolute atomic E-state index is 13.8. The molecule has 31 heavy (non-hydrogen) atoms. The summed E-state index contributed by atoms with van der Waals surface area (Å²) in [7, 11) is 4.65. The second-order valence-corrected chi connectivity index (χ2v) is 9.19. The topological polar surface area (TPSA) is 46.3 Å². The zero-order valence-corrected chi connectivity index (χ0v) is 20.2. The lowest BCUT2D eigenvalue weighted by Crippen LogP contribution is -2.42. The highest BCUT2D eigenvalue weighted by Crippen LogP contribution is 2.26. The van der Waals surface area contributed by atoms with Crippen molar-refractivity contribution in [2.75, 3.05) is 19.3 Å². The minimum atomic E-state index is -0.982. The predicted molar refractivity (Wildman–Crippen MR) is 132 cm³/mol. The van der Waals surface area contributed by atoms with E-state index in [4.69, 9.17) is 5.73 Å². The van der Waals surface area contributed by atoms with Gasteiger partial charge in [0.15, 0.2) is 0 Å². The zero-order valence-electron chi connectivity index (χ0n) is 18.2. The van der Waals surface area contributed by atoms with Gasteiger partial charge in [0.1, 0.15) is 18.3 Å². The minimum absolute atomic E-state index is 0.0212. The molecule has 0 radical (unpaired) electrons. The first kappa shape index (κ1) is 25.9. The third-order valence-electron chi connectivity index (χ3n) is 5.47. The number of nitrogens with two attached hydrogens (primary N) is 1. The number of hydrogen-bond donors (Lipinski definition) is 2. The van der Waals surface area contributed by atoms with Crippen molar-refractivity contribution in [3.63, 3.8) is 0 Å². The van der Waals surface area contributed by atoms with Gasteiger partial charge in [0.05, 0.1) is 6.04 Å². The van der Waals surface area contributed by atoms with Crippen LogP contribution in [0.25, 0.3) is 11.1 Å². The molecule has 170 valence electrons. The summed E-state index contributed by atoms with van der Waals surface area (Å²) < 4.78 is 27.3. The Morgan fingerprint density at radius 1 is 1.26 bits per heavy atom. The van der Waals surface area contributed by atoms with E-state index in [1.807, 2.05) is 43.1 Å². The fraction of sp³-hybridized carbons (Fsp3) is 0.458. The first-order valence-corrected chi connectivity index (χ1v) is 11.8. The molecule has 2 N–H and O–H groups in total. The molecule has 2 aromatic rings. The van der Waals surface area contributed by atoms with E-state index in [0.29, 0.717) is 18.9 Å². The maximum Gasteiger partial charge on any atom is 0.129 e. The van der Waals surface area contributed by atoms with Crippen LogP contribution < -0.4 is 11.0 Å². The summed E-state index contributed by atoms with van der Waals surface area (Å²) in [5.41, 5.74) is 8.91. The van der Waals surface area contributed by atoms with Gasteiger partial charge in [-0.25, -0.2) is 8.78 Å². The smallest absolute Gasteiger partial charge is 0.129 e. The van der Waals surface area contributed by atoms with Crippen LogP contribution in [0.3, 0.4) is 0 Å². The van der Waals surface area contributed by atoms with E-state index in [0.717, 1.165) is 46.9 Å². The van der Waals surface area contributed by atoms with Crippen LogP contribution >= 0.6 is 21.9 Å². The lowest BCUT2D eigenvalue weighted by molar-refractivity contribution is -0.108. The van der Waals surface area contributed by atoms with Gasteiger partial charge in [0, 0.05) is 18.5 Å². The Bertz CT molecular complexity index is 850. The number of likely N-dealkylation sites (N-methyl/N-ethyl adjacent to an activating group) is 1. The Hall–Kier alpha value is -1.33. The number of carbonyl (C=O) groups is 1. The first-order chi connectivity index (χ1) is 14.8. The minimum Gasteiger partial charge on any atom is -0.324 e. The highest BCUT2D eigenvalue weighted by atomic mass is 32.1. The summed E-state index contributed by atoms with van der Waals surface area (Å²) in [6.45, 7) is 2.37. The van der Waals surface area contributed by atoms with Crippen molar-refractivity contribution in [2.45, 2.75) is 44.4 Å². The average Bonchev–Trinajstić information content (AvgIpc) is 3.54. The van der Waals surface area contributed by atoms with E-state index >= 15 is 0 Å². The highest BCUT2D eigenvalue weighted by molar-refractivity contribution is 7.80. The summed E-state index contributed by atoms with van der Waals surface area (Å²) in [6, 6.07) is 12.0. The molecular weight excluding hydrogens is 433 g/mol. The molecule has 1 aliphatic heterocycles. The van der Waals surface area contributed by atoms with Gasteiger partial charge in [-0.15, -0.1) is 9.24 Å². The number of carbonyl (C=O) groups excluding carboxylic acids is 1. The number of thiol groups is 1. The van der Waals surface area contributed by atoms with E-state index < -0.39 is 12.2 Å². The molecule has 4 atom stereocenters. The van der Waals surface area contributed by atoms with Crippen LogP contribution in [0.1, 0.15) is 25.3 Å². The van der Waals surface area contributed by atoms with Crippen molar-refractivity contribution in [1.82, 2.24) is 4.90 Å². The SMILES string of the molecule is CCS.CN1CC(F)C(N)C1Cc1cccc(-c2cccc(F)c2)c1P.O=CC1CC1. The monoisotopic (exact) mass is 466 g/mol. The largest absolute Gasteiger partial charge is 0.324 e. The summed E-state index contributed by atoms with van der Waals surface area (Å²) in [4.78, 5) is 11.5. The second kappa shape index (κ2) is 12.6. The van der Waals surface area contributed by atoms with Crippen LogP contribution in [0.5, 0.6) is 0 Å². The van der Waals surface area contributed by atoms with Gasteiger partial charge in [-0.1, -0.05) is 37.3 Å². The normalized spacial score (nSPS) is 22.7. The Morgan fingerprint density at radius 3 is 2.39 bits per heavy atom. The quantitative estimate of drug-likeness (QED) is 0.406. The number of aldehydes is 1. The molecular formula is C24H33F2N2OPS. The Labute approximate surface area is 192 Å². The Kier molecular flexibility index (Phi) is 10.6. The second-order valence-electron chi connectivity index (χ2n) is 7.98. The van der Waals surface area contributed by atoms with Gasteiger partial charge >= 0.3 is 0 Å². The van der Waals surface area contributed by atoms with Gasteiger partial charge < -0.3 is 10.5 Å². The third-order valence-corrected chi connectivity index (χ3v) is 6.15. The molecule has 1 heterocycles. The molecule has 3 nitrogen and oxygen atoms in total. The molecule has 0 spiro atoms.